The number of piperidine rings is 1. The van der Waals surface area contributed by atoms with E-state index in [0.717, 1.165) is 16.4 Å². The molecule has 2 rings (SSSR count). The summed E-state index contributed by atoms with van der Waals surface area (Å²) in [5.74, 6) is -1.98. The van der Waals surface area contributed by atoms with Crippen LogP contribution in [-0.4, -0.2) is 49.7 Å². The van der Waals surface area contributed by atoms with Crippen LogP contribution in [0.2, 0.25) is 0 Å². The van der Waals surface area contributed by atoms with E-state index in [9.17, 15) is 22.0 Å². The molecule has 1 saturated heterocycles. The molecular formula is C16H22F2N2O3S. The summed E-state index contributed by atoms with van der Waals surface area (Å²) >= 11 is 0. The van der Waals surface area contributed by atoms with Crippen LogP contribution >= 0.6 is 0 Å². The lowest BCUT2D eigenvalue weighted by atomic mass is 9.96. The Hall–Kier alpha value is -1.54. The molecule has 8 heteroatoms. The van der Waals surface area contributed by atoms with Gasteiger partial charge in [0.05, 0.1) is 0 Å². The fourth-order valence-corrected chi connectivity index (χ4v) is 4.50. The fourth-order valence-electron chi connectivity index (χ4n) is 2.95. The molecule has 1 heterocycles. The van der Waals surface area contributed by atoms with Crippen molar-refractivity contribution in [1.82, 2.24) is 9.21 Å². The number of amides is 1. The van der Waals surface area contributed by atoms with Gasteiger partial charge < -0.3 is 4.90 Å². The van der Waals surface area contributed by atoms with Crippen molar-refractivity contribution in [2.24, 2.45) is 5.92 Å². The summed E-state index contributed by atoms with van der Waals surface area (Å²) < 4.78 is 53.2. The minimum absolute atomic E-state index is 0.0222. The molecule has 24 heavy (non-hydrogen) atoms. The highest BCUT2D eigenvalue weighted by molar-refractivity contribution is 7.89. The van der Waals surface area contributed by atoms with Crippen molar-refractivity contribution in [3.05, 3.63) is 29.8 Å². The van der Waals surface area contributed by atoms with Crippen LogP contribution in [0.15, 0.2) is 23.1 Å². The van der Waals surface area contributed by atoms with Crippen molar-refractivity contribution in [2.75, 3.05) is 26.2 Å². The summed E-state index contributed by atoms with van der Waals surface area (Å²) in [6.07, 6.45) is 0.761. The molecule has 0 radical (unpaired) electrons. The first kappa shape index (κ1) is 18.8. The topological polar surface area (TPSA) is 57.7 Å². The molecule has 5 nitrogen and oxygen atoms in total. The summed E-state index contributed by atoms with van der Waals surface area (Å²) in [5.41, 5.74) is 0. The lowest BCUT2D eigenvalue weighted by molar-refractivity contribution is -0.136. The van der Waals surface area contributed by atoms with Crippen LogP contribution in [0, 0.1) is 17.6 Å². The number of halogens is 2. The third kappa shape index (κ3) is 3.75. The van der Waals surface area contributed by atoms with Crippen LogP contribution < -0.4 is 0 Å². The first-order chi connectivity index (χ1) is 11.3. The third-order valence-corrected chi connectivity index (χ3v) is 6.30. The Morgan fingerprint density at radius 1 is 1.21 bits per heavy atom. The van der Waals surface area contributed by atoms with Gasteiger partial charge >= 0.3 is 0 Å². The number of rotatable bonds is 5. The van der Waals surface area contributed by atoms with Gasteiger partial charge in [0.25, 0.3) is 0 Å². The molecule has 1 aliphatic heterocycles. The van der Waals surface area contributed by atoms with E-state index in [1.54, 1.807) is 4.90 Å². The van der Waals surface area contributed by atoms with Crippen molar-refractivity contribution >= 4 is 15.9 Å². The molecule has 0 bridgehead atoms. The number of carbonyl (C=O) groups is 1. The maximum absolute atomic E-state index is 13.8. The average molecular weight is 360 g/mol. The molecule has 1 aliphatic rings. The van der Waals surface area contributed by atoms with Crippen molar-refractivity contribution in [2.45, 2.75) is 31.6 Å². The molecule has 0 atom stereocenters. The zero-order chi connectivity index (χ0) is 17.9. The van der Waals surface area contributed by atoms with Crippen LogP contribution in [0.3, 0.4) is 0 Å². The SMILES string of the molecule is CCN(CC)C(=O)C1CCN(S(=O)(=O)c2cc(F)ccc2F)CC1. The van der Waals surface area contributed by atoms with Gasteiger partial charge in [-0.15, -0.1) is 0 Å². The van der Waals surface area contributed by atoms with Crippen molar-refractivity contribution in [3.8, 4) is 0 Å². The van der Waals surface area contributed by atoms with Gasteiger partial charge in [0.2, 0.25) is 15.9 Å². The van der Waals surface area contributed by atoms with E-state index in [1.165, 1.54) is 0 Å². The van der Waals surface area contributed by atoms with E-state index in [0.29, 0.717) is 32.0 Å². The van der Waals surface area contributed by atoms with Crippen LogP contribution in [0.4, 0.5) is 8.78 Å². The van der Waals surface area contributed by atoms with Crippen LogP contribution in [0.25, 0.3) is 0 Å². The smallest absolute Gasteiger partial charge is 0.246 e. The normalized spacial score (nSPS) is 17.0. The Morgan fingerprint density at radius 2 is 1.79 bits per heavy atom. The fraction of sp³-hybridized carbons (Fsp3) is 0.562. The minimum Gasteiger partial charge on any atom is -0.343 e. The molecule has 1 fully saturated rings. The number of hydrogen-bond acceptors (Lipinski definition) is 3. The average Bonchev–Trinajstić information content (AvgIpc) is 2.58. The summed E-state index contributed by atoms with van der Waals surface area (Å²) in [6.45, 7) is 5.26. The highest BCUT2D eigenvalue weighted by atomic mass is 32.2. The standard InChI is InChI=1S/C16H22F2N2O3S/c1-3-19(4-2)16(21)12-7-9-20(10-8-12)24(22,23)15-11-13(17)5-6-14(15)18/h5-6,11-12H,3-4,7-10H2,1-2H3. The molecule has 1 amide bonds. The van der Waals surface area contributed by atoms with Crippen LogP contribution in [0.5, 0.6) is 0 Å². The Labute approximate surface area is 141 Å². The van der Waals surface area contributed by atoms with Crippen LogP contribution in [-0.2, 0) is 14.8 Å². The van der Waals surface area contributed by atoms with E-state index >= 15 is 0 Å². The van der Waals surface area contributed by atoms with Gasteiger partial charge in [-0.25, -0.2) is 17.2 Å². The second-order valence-corrected chi connectivity index (χ2v) is 7.67. The molecule has 0 saturated carbocycles. The predicted molar refractivity (Wildman–Crippen MR) is 85.8 cm³/mol. The maximum Gasteiger partial charge on any atom is 0.246 e. The third-order valence-electron chi connectivity index (χ3n) is 4.39. The van der Waals surface area contributed by atoms with Gasteiger partial charge in [0, 0.05) is 32.1 Å². The summed E-state index contributed by atoms with van der Waals surface area (Å²) in [5, 5.41) is 0. The van der Waals surface area contributed by atoms with E-state index in [1.807, 2.05) is 13.8 Å². The number of nitrogens with zero attached hydrogens (tertiary/aromatic N) is 2. The van der Waals surface area contributed by atoms with Crippen molar-refractivity contribution in [1.29, 1.82) is 0 Å². The Morgan fingerprint density at radius 3 is 2.33 bits per heavy atom. The molecule has 0 spiro atoms. The second kappa shape index (κ2) is 7.57. The van der Waals surface area contributed by atoms with E-state index in [4.69, 9.17) is 0 Å². The minimum atomic E-state index is -4.10. The van der Waals surface area contributed by atoms with Gasteiger partial charge in [-0.1, -0.05) is 0 Å². The second-order valence-electron chi connectivity index (χ2n) is 5.76. The largest absolute Gasteiger partial charge is 0.343 e. The zero-order valence-corrected chi connectivity index (χ0v) is 14.7. The first-order valence-electron chi connectivity index (χ1n) is 8.05. The highest BCUT2D eigenvalue weighted by Gasteiger charge is 2.34. The Balaban J connectivity index is 2.11. The lowest BCUT2D eigenvalue weighted by Gasteiger charge is -2.33. The number of hydrogen-bond donors (Lipinski definition) is 0. The van der Waals surface area contributed by atoms with Gasteiger partial charge in [-0.2, -0.15) is 4.31 Å². The number of benzene rings is 1. The molecular weight excluding hydrogens is 338 g/mol. The predicted octanol–water partition coefficient (Wildman–Crippen LogP) is 2.23. The number of sulfonamides is 1. The molecule has 0 N–H and O–H groups in total. The number of carbonyl (C=O) groups excluding carboxylic acids is 1. The van der Waals surface area contributed by atoms with Crippen molar-refractivity contribution < 1.29 is 22.0 Å². The molecule has 0 aliphatic carbocycles. The summed E-state index contributed by atoms with van der Waals surface area (Å²) in [6, 6.07) is 2.38. The zero-order valence-electron chi connectivity index (χ0n) is 13.8. The van der Waals surface area contributed by atoms with E-state index in [2.05, 4.69) is 0 Å². The summed E-state index contributed by atoms with van der Waals surface area (Å²) in [7, 11) is -4.10. The van der Waals surface area contributed by atoms with Gasteiger partial charge in [-0.05, 0) is 44.9 Å². The van der Waals surface area contributed by atoms with Gasteiger partial charge in [-0.3, -0.25) is 4.79 Å². The van der Waals surface area contributed by atoms with E-state index in [-0.39, 0.29) is 24.9 Å². The molecule has 1 aromatic rings. The van der Waals surface area contributed by atoms with Crippen molar-refractivity contribution in [3.63, 3.8) is 0 Å². The molecule has 0 aromatic heterocycles. The Kier molecular flexibility index (Phi) is 5.92. The first-order valence-corrected chi connectivity index (χ1v) is 9.49. The van der Waals surface area contributed by atoms with Gasteiger partial charge in [0.1, 0.15) is 16.5 Å². The van der Waals surface area contributed by atoms with Gasteiger partial charge in [0.15, 0.2) is 0 Å². The maximum atomic E-state index is 13.8. The van der Waals surface area contributed by atoms with E-state index < -0.39 is 26.6 Å². The summed E-state index contributed by atoms with van der Waals surface area (Å²) in [4.78, 5) is 13.4. The quantitative estimate of drug-likeness (QED) is 0.809. The van der Waals surface area contributed by atoms with Crippen LogP contribution in [0.1, 0.15) is 26.7 Å². The molecule has 0 unspecified atom stereocenters. The molecule has 134 valence electrons. The Bertz CT molecular complexity index is 697. The molecule has 1 aromatic carbocycles. The monoisotopic (exact) mass is 360 g/mol. The highest BCUT2D eigenvalue weighted by Crippen LogP contribution is 2.26. The lowest BCUT2D eigenvalue weighted by Crippen LogP contribution is -2.44.